The molecule has 3 amide bonds. The molecule has 0 spiro atoms. The predicted octanol–water partition coefficient (Wildman–Crippen LogP) is -0.176. The van der Waals surface area contributed by atoms with E-state index < -0.39 is 41.8 Å². The van der Waals surface area contributed by atoms with E-state index in [0.29, 0.717) is 5.56 Å². The van der Waals surface area contributed by atoms with E-state index in [1.54, 1.807) is 12.1 Å². The van der Waals surface area contributed by atoms with Crippen molar-refractivity contribution in [2.75, 3.05) is 0 Å². The van der Waals surface area contributed by atoms with Gasteiger partial charge >= 0.3 is 5.97 Å². The first-order chi connectivity index (χ1) is 15.7. The van der Waals surface area contributed by atoms with Gasteiger partial charge in [0.2, 0.25) is 17.7 Å². The lowest BCUT2D eigenvalue weighted by atomic mass is 10.0. The summed E-state index contributed by atoms with van der Waals surface area (Å²) in [5.41, 5.74) is 12.6. The van der Waals surface area contributed by atoms with Gasteiger partial charge in [-0.25, -0.2) is 4.79 Å². The number of primary amides is 1. The molecule has 10 heteroatoms. The number of nitrogens with one attached hydrogen (secondary N) is 2. The number of amides is 3. The number of hydrogen-bond donors (Lipinski definition) is 6. The van der Waals surface area contributed by atoms with Crippen molar-refractivity contribution in [1.82, 2.24) is 10.6 Å². The average Bonchev–Trinajstić information content (AvgIpc) is 2.77. The normalized spacial score (nSPS) is 13.4. The fraction of sp³-hybridized carbons (Fsp3) is 0.304. The van der Waals surface area contributed by atoms with Gasteiger partial charge in [0.1, 0.15) is 17.8 Å². The van der Waals surface area contributed by atoms with E-state index >= 15 is 0 Å². The number of phenols is 1. The van der Waals surface area contributed by atoms with Crippen LogP contribution in [-0.2, 0) is 32.0 Å². The van der Waals surface area contributed by atoms with Crippen LogP contribution in [0.3, 0.4) is 0 Å². The quantitative estimate of drug-likeness (QED) is 0.256. The molecular formula is C23H28N4O6. The summed E-state index contributed by atoms with van der Waals surface area (Å²) >= 11 is 0. The molecule has 2 aromatic rings. The fourth-order valence-corrected chi connectivity index (χ4v) is 3.13. The summed E-state index contributed by atoms with van der Waals surface area (Å²) in [6.45, 7) is 0. The molecule has 0 saturated carbocycles. The van der Waals surface area contributed by atoms with Crippen LogP contribution in [0.25, 0.3) is 0 Å². The van der Waals surface area contributed by atoms with E-state index in [9.17, 15) is 29.4 Å². The molecular weight excluding hydrogens is 428 g/mol. The maximum absolute atomic E-state index is 12.9. The summed E-state index contributed by atoms with van der Waals surface area (Å²) in [6.07, 6.45) is -0.146. The Hall–Kier alpha value is -3.92. The van der Waals surface area contributed by atoms with Crippen LogP contribution in [0.15, 0.2) is 54.6 Å². The Morgan fingerprint density at radius 1 is 0.818 bits per heavy atom. The van der Waals surface area contributed by atoms with E-state index in [2.05, 4.69) is 10.6 Å². The smallest absolute Gasteiger partial charge is 0.326 e. The van der Waals surface area contributed by atoms with Crippen molar-refractivity contribution in [2.24, 2.45) is 11.5 Å². The molecule has 2 rings (SSSR count). The summed E-state index contributed by atoms with van der Waals surface area (Å²) in [6, 6.07) is 11.7. The number of phenolic OH excluding ortho intramolecular Hbond substituents is 1. The first-order valence-corrected chi connectivity index (χ1v) is 10.3. The second-order valence-electron chi connectivity index (χ2n) is 7.63. The predicted molar refractivity (Wildman–Crippen MR) is 120 cm³/mol. The summed E-state index contributed by atoms with van der Waals surface area (Å²) in [4.78, 5) is 48.1. The van der Waals surface area contributed by atoms with E-state index in [1.165, 1.54) is 12.1 Å². The Kier molecular flexibility index (Phi) is 9.37. The van der Waals surface area contributed by atoms with Crippen LogP contribution in [0.4, 0.5) is 0 Å². The lowest BCUT2D eigenvalue weighted by Gasteiger charge is -2.23. The monoisotopic (exact) mass is 456 g/mol. The number of carboxylic acid groups (broad SMARTS) is 1. The van der Waals surface area contributed by atoms with Gasteiger partial charge in [0, 0.05) is 12.8 Å². The Bertz CT molecular complexity index is 965. The van der Waals surface area contributed by atoms with Crippen molar-refractivity contribution in [1.29, 1.82) is 0 Å². The zero-order valence-corrected chi connectivity index (χ0v) is 17.9. The highest BCUT2D eigenvalue weighted by Crippen LogP contribution is 2.12. The maximum Gasteiger partial charge on any atom is 0.326 e. The lowest BCUT2D eigenvalue weighted by molar-refractivity contribution is -0.142. The van der Waals surface area contributed by atoms with Crippen LogP contribution in [0.2, 0.25) is 0 Å². The van der Waals surface area contributed by atoms with Gasteiger partial charge in [-0.2, -0.15) is 0 Å². The number of aromatic hydroxyl groups is 1. The molecule has 3 atom stereocenters. The number of hydrogen-bond acceptors (Lipinski definition) is 6. The molecule has 3 unspecified atom stereocenters. The molecule has 0 aromatic heterocycles. The van der Waals surface area contributed by atoms with Crippen molar-refractivity contribution in [3.05, 3.63) is 65.7 Å². The third kappa shape index (κ3) is 8.62. The Morgan fingerprint density at radius 3 is 1.97 bits per heavy atom. The SMILES string of the molecule is NC(=O)CCC(NC(=O)C(Cc1ccc(O)cc1)NC(=O)C(N)Cc1ccccc1)C(=O)O. The maximum atomic E-state index is 12.9. The van der Waals surface area contributed by atoms with Crippen molar-refractivity contribution < 1.29 is 29.4 Å². The van der Waals surface area contributed by atoms with Crippen LogP contribution in [0.1, 0.15) is 24.0 Å². The second-order valence-corrected chi connectivity index (χ2v) is 7.63. The molecule has 0 aliphatic heterocycles. The Morgan fingerprint density at radius 2 is 1.39 bits per heavy atom. The lowest BCUT2D eigenvalue weighted by Crippen LogP contribution is -2.55. The van der Waals surface area contributed by atoms with Crippen molar-refractivity contribution in [2.45, 2.75) is 43.8 Å². The summed E-state index contributed by atoms with van der Waals surface area (Å²) in [5, 5.41) is 23.8. The highest BCUT2D eigenvalue weighted by Gasteiger charge is 2.28. The Balaban J connectivity index is 2.14. The molecule has 0 bridgehead atoms. The highest BCUT2D eigenvalue weighted by atomic mass is 16.4. The number of nitrogens with two attached hydrogens (primary N) is 2. The molecule has 2 aromatic carbocycles. The van der Waals surface area contributed by atoms with Crippen molar-refractivity contribution >= 4 is 23.7 Å². The number of carboxylic acids is 1. The largest absolute Gasteiger partial charge is 0.508 e. The van der Waals surface area contributed by atoms with E-state index in [4.69, 9.17) is 11.5 Å². The van der Waals surface area contributed by atoms with E-state index in [0.717, 1.165) is 5.56 Å². The van der Waals surface area contributed by atoms with Gasteiger partial charge < -0.3 is 32.3 Å². The zero-order valence-electron chi connectivity index (χ0n) is 17.9. The second kappa shape index (κ2) is 12.2. The van der Waals surface area contributed by atoms with E-state index in [-0.39, 0.29) is 31.4 Å². The van der Waals surface area contributed by atoms with Crippen LogP contribution >= 0.6 is 0 Å². The van der Waals surface area contributed by atoms with Gasteiger partial charge in [0.15, 0.2) is 0 Å². The average molecular weight is 456 g/mol. The fourth-order valence-electron chi connectivity index (χ4n) is 3.13. The van der Waals surface area contributed by atoms with Crippen LogP contribution < -0.4 is 22.1 Å². The standard InChI is InChI=1S/C23H28N4O6/c24-17(12-14-4-2-1-3-5-14)21(30)27-19(13-15-6-8-16(28)9-7-15)22(31)26-18(23(32)33)10-11-20(25)29/h1-9,17-19,28H,10-13,24H2,(H2,25,29)(H,26,31)(H,27,30)(H,32,33). The van der Waals surface area contributed by atoms with Gasteiger partial charge in [-0.3, -0.25) is 14.4 Å². The highest BCUT2D eigenvalue weighted by molar-refractivity contribution is 5.92. The van der Waals surface area contributed by atoms with Crippen molar-refractivity contribution in [3.63, 3.8) is 0 Å². The third-order valence-electron chi connectivity index (χ3n) is 4.94. The third-order valence-corrected chi connectivity index (χ3v) is 4.94. The molecule has 176 valence electrons. The summed E-state index contributed by atoms with van der Waals surface area (Å²) in [7, 11) is 0. The summed E-state index contributed by atoms with van der Waals surface area (Å²) < 4.78 is 0. The number of aliphatic carboxylic acids is 1. The van der Waals surface area contributed by atoms with Gasteiger partial charge in [0.25, 0.3) is 0 Å². The topological polar surface area (TPSA) is 185 Å². The minimum Gasteiger partial charge on any atom is -0.508 e. The molecule has 0 fully saturated rings. The van der Waals surface area contributed by atoms with Gasteiger partial charge in [-0.05, 0) is 36.1 Å². The van der Waals surface area contributed by atoms with Gasteiger partial charge in [-0.15, -0.1) is 0 Å². The first kappa shape index (κ1) is 25.3. The molecule has 0 saturated heterocycles. The molecule has 0 heterocycles. The minimum absolute atomic E-state index is 0.0259. The Labute approximate surface area is 191 Å². The summed E-state index contributed by atoms with van der Waals surface area (Å²) in [5.74, 6) is -3.33. The molecule has 33 heavy (non-hydrogen) atoms. The molecule has 0 aliphatic carbocycles. The minimum atomic E-state index is -1.36. The number of carbonyl (C=O) groups is 4. The number of benzene rings is 2. The van der Waals surface area contributed by atoms with Gasteiger partial charge in [0.05, 0.1) is 6.04 Å². The van der Waals surface area contributed by atoms with Crippen LogP contribution in [0.5, 0.6) is 5.75 Å². The number of rotatable bonds is 12. The zero-order chi connectivity index (χ0) is 24.4. The molecule has 8 N–H and O–H groups in total. The van der Waals surface area contributed by atoms with Crippen molar-refractivity contribution in [3.8, 4) is 5.75 Å². The van der Waals surface area contributed by atoms with Crippen LogP contribution in [0, 0.1) is 0 Å². The van der Waals surface area contributed by atoms with Gasteiger partial charge in [-0.1, -0.05) is 42.5 Å². The molecule has 0 aliphatic rings. The van der Waals surface area contributed by atoms with E-state index in [1.807, 2.05) is 30.3 Å². The number of carbonyl (C=O) groups excluding carboxylic acids is 3. The molecule has 0 radical (unpaired) electrons. The van der Waals surface area contributed by atoms with Crippen LogP contribution in [-0.4, -0.2) is 52.0 Å². The first-order valence-electron chi connectivity index (χ1n) is 10.3. The molecule has 10 nitrogen and oxygen atoms in total.